The molecular formula is C30H30N6O2. The monoisotopic (exact) mass is 506 g/mol. The third-order valence-corrected chi connectivity index (χ3v) is 7.90. The van der Waals surface area contributed by atoms with Gasteiger partial charge >= 0.3 is 0 Å². The van der Waals surface area contributed by atoms with E-state index in [2.05, 4.69) is 21.9 Å². The van der Waals surface area contributed by atoms with Crippen LogP contribution in [0.3, 0.4) is 0 Å². The highest BCUT2D eigenvalue weighted by molar-refractivity contribution is 6.08. The van der Waals surface area contributed by atoms with Crippen molar-refractivity contribution in [3.8, 4) is 22.4 Å². The average Bonchev–Trinajstić information content (AvgIpc) is 3.43. The Morgan fingerprint density at radius 1 is 1.00 bits per heavy atom. The maximum absolute atomic E-state index is 13.2. The van der Waals surface area contributed by atoms with Gasteiger partial charge in [-0.15, -0.1) is 0 Å². The Bertz CT molecular complexity index is 1600. The highest BCUT2D eigenvalue weighted by Crippen LogP contribution is 2.52. The van der Waals surface area contributed by atoms with Gasteiger partial charge < -0.3 is 20.5 Å². The topological polar surface area (TPSA) is 106 Å². The molecule has 0 bridgehead atoms. The van der Waals surface area contributed by atoms with Crippen LogP contribution < -0.4 is 11.1 Å². The van der Waals surface area contributed by atoms with E-state index in [-0.39, 0.29) is 11.8 Å². The molecule has 4 aromatic rings. The molecule has 0 atom stereocenters. The fraction of sp³-hybridized carbons (Fsp3) is 0.267. The lowest BCUT2D eigenvalue weighted by molar-refractivity contribution is -0.112. The van der Waals surface area contributed by atoms with Crippen LogP contribution in [0, 0.1) is 5.41 Å². The van der Waals surface area contributed by atoms with Gasteiger partial charge in [0.05, 0.1) is 11.1 Å². The maximum Gasteiger partial charge on any atom is 0.253 e. The molecule has 6 rings (SSSR count). The van der Waals surface area contributed by atoms with E-state index in [4.69, 9.17) is 5.73 Å². The molecule has 1 saturated carbocycles. The van der Waals surface area contributed by atoms with Gasteiger partial charge in [-0.05, 0) is 67.0 Å². The summed E-state index contributed by atoms with van der Waals surface area (Å²) in [6.07, 6.45) is 5.06. The van der Waals surface area contributed by atoms with Gasteiger partial charge in [0.2, 0.25) is 0 Å². The van der Waals surface area contributed by atoms with Crippen LogP contribution in [0.5, 0.6) is 0 Å². The number of hydrogen-bond acceptors (Lipinski definition) is 5. The van der Waals surface area contributed by atoms with Crippen LogP contribution >= 0.6 is 0 Å². The van der Waals surface area contributed by atoms with Crippen molar-refractivity contribution >= 4 is 34.4 Å². The van der Waals surface area contributed by atoms with Crippen molar-refractivity contribution in [3.05, 3.63) is 72.6 Å². The van der Waals surface area contributed by atoms with E-state index in [9.17, 15) is 9.59 Å². The average molecular weight is 507 g/mol. The number of amides is 2. The molecule has 1 aliphatic carbocycles. The van der Waals surface area contributed by atoms with Gasteiger partial charge in [0.25, 0.3) is 11.8 Å². The second-order valence-corrected chi connectivity index (χ2v) is 10.6. The number of aryl methyl sites for hydroxylation is 1. The lowest BCUT2D eigenvalue weighted by Gasteiger charge is -2.17. The first kappa shape index (κ1) is 23.9. The van der Waals surface area contributed by atoms with Crippen LogP contribution in [0.1, 0.15) is 36.5 Å². The highest BCUT2D eigenvalue weighted by Gasteiger charge is 2.48. The summed E-state index contributed by atoms with van der Waals surface area (Å²) in [5.74, 6) is 0.264. The van der Waals surface area contributed by atoms with E-state index in [1.165, 1.54) is 19.2 Å². The molecule has 0 radical (unpaired) electrons. The fourth-order valence-electron chi connectivity index (χ4n) is 5.50. The minimum absolute atomic E-state index is 0.0914. The van der Waals surface area contributed by atoms with E-state index in [1.807, 2.05) is 65.0 Å². The Labute approximate surface area is 221 Å². The molecule has 2 aromatic carbocycles. The van der Waals surface area contributed by atoms with E-state index in [0.717, 1.165) is 47.3 Å². The summed E-state index contributed by atoms with van der Waals surface area (Å²) in [5, 5.41) is 3.60. The van der Waals surface area contributed by atoms with Crippen LogP contribution in [-0.4, -0.2) is 44.3 Å². The summed E-state index contributed by atoms with van der Waals surface area (Å²) in [4.78, 5) is 36.0. The quantitative estimate of drug-likeness (QED) is 0.370. The maximum atomic E-state index is 13.2. The number of rotatable bonds is 5. The molecule has 2 aromatic heterocycles. The zero-order valence-electron chi connectivity index (χ0n) is 21.6. The van der Waals surface area contributed by atoms with Crippen LogP contribution in [0.4, 0.5) is 11.5 Å². The number of hydrogen-bond donors (Lipinski definition) is 2. The SMILES string of the molecule is C=C(C)C(=O)Nc1ccc(-c2c(-c3ccc(C(=O)N4CCC5(CC5)C4)cc3)c3c(N)ncnc3n2C)cc1. The van der Waals surface area contributed by atoms with Crippen LogP contribution in [-0.2, 0) is 11.8 Å². The molecule has 0 unspecified atom stereocenters. The van der Waals surface area contributed by atoms with Crippen molar-refractivity contribution in [3.63, 3.8) is 0 Å². The molecule has 3 heterocycles. The Morgan fingerprint density at radius 2 is 1.68 bits per heavy atom. The van der Waals surface area contributed by atoms with Gasteiger partial charge in [0.1, 0.15) is 17.8 Å². The minimum atomic E-state index is -0.220. The van der Waals surface area contributed by atoms with Gasteiger partial charge in [-0.3, -0.25) is 9.59 Å². The van der Waals surface area contributed by atoms with Gasteiger partial charge in [0.15, 0.2) is 0 Å². The Kier molecular flexibility index (Phi) is 5.56. The zero-order valence-corrected chi connectivity index (χ0v) is 21.6. The van der Waals surface area contributed by atoms with Crippen molar-refractivity contribution in [2.75, 3.05) is 24.1 Å². The van der Waals surface area contributed by atoms with Crippen molar-refractivity contribution in [2.24, 2.45) is 12.5 Å². The predicted molar refractivity (Wildman–Crippen MR) is 149 cm³/mol. The van der Waals surface area contributed by atoms with Gasteiger partial charge in [-0.1, -0.05) is 30.8 Å². The Hall–Kier alpha value is -4.46. The standard InChI is InChI=1S/C30H30N6O2/c1-18(2)28(37)34-22-10-8-20(9-11-22)25-23(24-26(31)32-17-33-27(24)35(25)3)19-4-6-21(7-5-19)29(38)36-15-14-30(16-36)12-13-30/h4-11,17H,1,12-16H2,2-3H3,(H,34,37)(H2,31,32,33). The van der Waals surface area contributed by atoms with E-state index in [1.54, 1.807) is 6.92 Å². The van der Waals surface area contributed by atoms with Crippen molar-refractivity contribution < 1.29 is 9.59 Å². The van der Waals surface area contributed by atoms with Gasteiger partial charge in [0, 0.05) is 42.5 Å². The number of fused-ring (bicyclic) bond motifs is 1. The molecule has 8 heteroatoms. The Morgan fingerprint density at radius 3 is 2.32 bits per heavy atom. The van der Waals surface area contributed by atoms with Crippen LogP contribution in [0.15, 0.2) is 67.0 Å². The molecule has 8 nitrogen and oxygen atoms in total. The molecule has 2 aliphatic rings. The van der Waals surface area contributed by atoms with E-state index < -0.39 is 0 Å². The molecule has 1 saturated heterocycles. The molecule has 2 fully saturated rings. The van der Waals surface area contributed by atoms with E-state index >= 15 is 0 Å². The summed E-state index contributed by atoms with van der Waals surface area (Å²) in [6.45, 7) is 7.07. The third-order valence-electron chi connectivity index (χ3n) is 7.90. The number of benzene rings is 2. The molecule has 38 heavy (non-hydrogen) atoms. The van der Waals surface area contributed by atoms with Gasteiger partial charge in [-0.2, -0.15) is 0 Å². The number of likely N-dealkylation sites (tertiary alicyclic amines) is 1. The smallest absolute Gasteiger partial charge is 0.253 e. The molecule has 2 amide bonds. The number of anilines is 2. The number of aromatic nitrogens is 3. The van der Waals surface area contributed by atoms with Crippen LogP contribution in [0.25, 0.3) is 33.4 Å². The zero-order chi connectivity index (χ0) is 26.6. The molecular weight excluding hydrogens is 476 g/mol. The predicted octanol–water partition coefficient (Wildman–Crippen LogP) is 5.03. The fourth-order valence-corrected chi connectivity index (χ4v) is 5.50. The molecule has 1 spiro atoms. The highest BCUT2D eigenvalue weighted by atomic mass is 16.2. The number of nitrogens with one attached hydrogen (secondary N) is 1. The lowest BCUT2D eigenvalue weighted by Crippen LogP contribution is -2.28. The minimum Gasteiger partial charge on any atom is -0.383 e. The van der Waals surface area contributed by atoms with Crippen molar-refractivity contribution in [1.82, 2.24) is 19.4 Å². The summed E-state index contributed by atoms with van der Waals surface area (Å²) in [6, 6.07) is 15.4. The number of carbonyl (C=O) groups is 2. The van der Waals surface area contributed by atoms with Crippen molar-refractivity contribution in [2.45, 2.75) is 26.2 Å². The number of nitrogens with zero attached hydrogens (tertiary/aromatic N) is 4. The Balaban J connectivity index is 1.39. The number of nitrogen functional groups attached to an aromatic ring is 1. The summed E-state index contributed by atoms with van der Waals surface area (Å²) >= 11 is 0. The summed E-state index contributed by atoms with van der Waals surface area (Å²) in [7, 11) is 1.95. The molecule has 192 valence electrons. The van der Waals surface area contributed by atoms with Crippen molar-refractivity contribution in [1.29, 1.82) is 0 Å². The normalized spacial score (nSPS) is 15.7. The second kappa shape index (κ2) is 8.83. The van der Waals surface area contributed by atoms with E-state index in [0.29, 0.717) is 33.7 Å². The first-order chi connectivity index (χ1) is 18.3. The summed E-state index contributed by atoms with van der Waals surface area (Å²) in [5.41, 5.74) is 13.0. The van der Waals surface area contributed by atoms with Crippen LogP contribution in [0.2, 0.25) is 0 Å². The van der Waals surface area contributed by atoms with Gasteiger partial charge in [-0.25, -0.2) is 9.97 Å². The first-order valence-electron chi connectivity index (χ1n) is 12.8. The lowest BCUT2D eigenvalue weighted by atomic mass is 9.97. The third kappa shape index (κ3) is 4.02. The second-order valence-electron chi connectivity index (χ2n) is 10.6. The number of nitrogens with two attached hydrogens (primary N) is 1. The largest absolute Gasteiger partial charge is 0.383 e. The summed E-state index contributed by atoms with van der Waals surface area (Å²) < 4.78 is 2.00. The molecule has 1 aliphatic heterocycles. The first-order valence-corrected chi connectivity index (χ1v) is 12.8. The molecule has 3 N–H and O–H groups in total. The number of carbonyl (C=O) groups excluding carboxylic acids is 2.